The summed E-state index contributed by atoms with van der Waals surface area (Å²) in [4.78, 5) is 30.4. The van der Waals surface area contributed by atoms with Gasteiger partial charge in [-0.1, -0.05) is 5.16 Å². The van der Waals surface area contributed by atoms with Crippen molar-refractivity contribution in [1.29, 1.82) is 0 Å². The van der Waals surface area contributed by atoms with Crippen molar-refractivity contribution in [3.63, 3.8) is 0 Å². The van der Waals surface area contributed by atoms with Crippen LogP contribution in [0.25, 0.3) is 5.70 Å². The Morgan fingerprint density at radius 3 is 2.79 bits per heavy atom. The van der Waals surface area contributed by atoms with Crippen LogP contribution in [0.15, 0.2) is 23.5 Å². The Bertz CT molecular complexity index is 1070. The molecule has 1 unspecified atom stereocenters. The molecule has 1 saturated heterocycles. The molecule has 0 aromatic carbocycles. The fraction of sp³-hybridized carbons (Fsp3) is 0.556. The molecule has 2 N–H and O–H groups in total. The quantitative estimate of drug-likeness (QED) is 0.234. The Morgan fingerprint density at radius 2 is 2.12 bits per heavy atom. The van der Waals surface area contributed by atoms with E-state index in [1.54, 1.807) is 46.0 Å². The lowest BCUT2D eigenvalue weighted by atomic mass is 10.2. The van der Waals surface area contributed by atoms with E-state index in [0.29, 0.717) is 22.2 Å². The Hall–Kier alpha value is -3.17. The molecule has 0 saturated carbocycles. The standard InChI is InChI=1S/C18H26N6O8S/c1-12(21-30-8-6-19-16(25)31-18(2,3)4)15-5-7-23(20-15)13-9-14-11-22(10-13)17(26)24(14)32-33(27,28)29/h5,7,9,14H,6,8,10-11H2,1-4H3,(H,19,25)(H,27,28,29)/b21-12-. The van der Waals surface area contributed by atoms with Gasteiger partial charge in [0.05, 0.1) is 18.8 Å². The van der Waals surface area contributed by atoms with Gasteiger partial charge in [-0.2, -0.15) is 18.6 Å². The third kappa shape index (κ3) is 6.66. The van der Waals surface area contributed by atoms with Gasteiger partial charge in [-0.15, -0.1) is 4.28 Å². The second-order valence-electron chi connectivity index (χ2n) is 8.30. The number of oxime groups is 1. The number of urea groups is 1. The van der Waals surface area contributed by atoms with Gasteiger partial charge in [-0.05, 0) is 39.8 Å². The summed E-state index contributed by atoms with van der Waals surface area (Å²) >= 11 is 0. The van der Waals surface area contributed by atoms with Gasteiger partial charge < -0.3 is 19.8 Å². The zero-order chi connectivity index (χ0) is 24.4. The number of hydrogen-bond acceptors (Lipinski definition) is 9. The zero-order valence-corrected chi connectivity index (χ0v) is 19.4. The van der Waals surface area contributed by atoms with E-state index in [9.17, 15) is 18.0 Å². The molecule has 0 aliphatic carbocycles. The average Bonchev–Trinajstić information content (AvgIpc) is 3.25. The molecular formula is C18H26N6O8S. The van der Waals surface area contributed by atoms with Gasteiger partial charge in [0.25, 0.3) is 0 Å². The number of carbonyl (C=O) groups is 2. The third-order valence-electron chi connectivity index (χ3n) is 4.40. The van der Waals surface area contributed by atoms with Crippen LogP contribution in [0, 0.1) is 0 Å². The molecule has 1 aromatic heterocycles. The Balaban J connectivity index is 1.56. The Labute approximate surface area is 190 Å². The van der Waals surface area contributed by atoms with Crippen molar-refractivity contribution in [2.24, 2.45) is 5.16 Å². The summed E-state index contributed by atoms with van der Waals surface area (Å²) < 4.78 is 41.9. The number of amides is 3. The molecule has 14 nitrogen and oxygen atoms in total. The highest BCUT2D eigenvalue weighted by Crippen LogP contribution is 2.27. The van der Waals surface area contributed by atoms with E-state index in [-0.39, 0.29) is 26.2 Å². The molecule has 2 bridgehead atoms. The van der Waals surface area contributed by atoms with E-state index < -0.39 is 34.2 Å². The molecular weight excluding hydrogens is 460 g/mol. The summed E-state index contributed by atoms with van der Waals surface area (Å²) in [6.45, 7) is 7.73. The number of ether oxygens (including phenoxy) is 1. The summed E-state index contributed by atoms with van der Waals surface area (Å²) in [5, 5.41) is 11.5. The lowest BCUT2D eigenvalue weighted by Crippen LogP contribution is -2.35. The first-order chi connectivity index (χ1) is 15.3. The Kier molecular flexibility index (Phi) is 6.94. The van der Waals surface area contributed by atoms with Gasteiger partial charge in [0.1, 0.15) is 29.7 Å². The van der Waals surface area contributed by atoms with Crippen LogP contribution in [-0.2, 0) is 24.3 Å². The number of hydrogen-bond donors (Lipinski definition) is 2. The smallest absolute Gasteiger partial charge is 0.418 e. The predicted octanol–water partition coefficient (Wildman–Crippen LogP) is 0.844. The maximum atomic E-state index is 12.3. The van der Waals surface area contributed by atoms with E-state index in [0.717, 1.165) is 0 Å². The largest absolute Gasteiger partial charge is 0.444 e. The van der Waals surface area contributed by atoms with Crippen molar-refractivity contribution in [2.75, 3.05) is 26.2 Å². The second-order valence-corrected chi connectivity index (χ2v) is 9.31. The molecule has 15 heteroatoms. The highest BCUT2D eigenvalue weighted by atomic mass is 32.3. The van der Waals surface area contributed by atoms with E-state index in [1.165, 1.54) is 9.58 Å². The first kappa shape index (κ1) is 24.5. The normalized spacial score (nSPS) is 18.9. The first-order valence-corrected chi connectivity index (χ1v) is 11.3. The number of nitrogens with one attached hydrogen (secondary N) is 1. The molecule has 1 fully saturated rings. The molecule has 3 heterocycles. The van der Waals surface area contributed by atoms with Crippen molar-refractivity contribution in [1.82, 2.24) is 25.1 Å². The van der Waals surface area contributed by atoms with E-state index in [1.807, 2.05) is 0 Å². The number of hydroxylamine groups is 2. The van der Waals surface area contributed by atoms with Crippen molar-refractivity contribution in [3.05, 3.63) is 24.0 Å². The topological polar surface area (TPSA) is 165 Å². The highest BCUT2D eigenvalue weighted by Gasteiger charge is 2.43. The van der Waals surface area contributed by atoms with Gasteiger partial charge in [0.2, 0.25) is 0 Å². The van der Waals surface area contributed by atoms with Gasteiger partial charge in [-0.25, -0.2) is 14.3 Å². The fourth-order valence-electron chi connectivity index (χ4n) is 3.10. The molecule has 1 atom stereocenters. The third-order valence-corrected chi connectivity index (χ3v) is 4.75. The lowest BCUT2D eigenvalue weighted by Gasteiger charge is -2.21. The molecule has 0 radical (unpaired) electrons. The number of aromatic nitrogens is 2. The molecule has 2 aliphatic rings. The van der Waals surface area contributed by atoms with Crippen molar-refractivity contribution < 1.29 is 36.4 Å². The minimum absolute atomic E-state index is 0.130. The molecule has 33 heavy (non-hydrogen) atoms. The Morgan fingerprint density at radius 1 is 1.39 bits per heavy atom. The zero-order valence-electron chi connectivity index (χ0n) is 18.6. The van der Waals surface area contributed by atoms with Gasteiger partial charge in [0.15, 0.2) is 0 Å². The number of fused-ring (bicyclic) bond motifs is 2. The van der Waals surface area contributed by atoms with Crippen LogP contribution in [0.1, 0.15) is 33.4 Å². The van der Waals surface area contributed by atoms with Crippen LogP contribution in [0.3, 0.4) is 0 Å². The summed E-state index contributed by atoms with van der Waals surface area (Å²) in [7, 11) is -4.83. The first-order valence-electron chi connectivity index (χ1n) is 9.98. The van der Waals surface area contributed by atoms with Gasteiger partial charge >= 0.3 is 22.5 Å². The minimum atomic E-state index is -4.83. The molecule has 1 aromatic rings. The SMILES string of the molecule is C/C(=N/OCCNC(=O)OC(C)(C)C)c1ccn(C2=CC3CN(C2)C(=O)N3OS(=O)(=O)O)n1. The average molecular weight is 487 g/mol. The molecule has 2 aliphatic heterocycles. The maximum absolute atomic E-state index is 12.3. The van der Waals surface area contributed by atoms with Crippen molar-refractivity contribution in [2.45, 2.75) is 39.3 Å². The van der Waals surface area contributed by atoms with Gasteiger partial charge in [0, 0.05) is 12.7 Å². The van der Waals surface area contributed by atoms with Crippen LogP contribution >= 0.6 is 0 Å². The fourth-order valence-corrected chi connectivity index (χ4v) is 3.48. The summed E-state index contributed by atoms with van der Waals surface area (Å²) in [6.07, 6.45) is 2.75. The number of carbonyl (C=O) groups excluding carboxylic acids is 2. The monoisotopic (exact) mass is 486 g/mol. The van der Waals surface area contributed by atoms with Crippen LogP contribution in [0.5, 0.6) is 0 Å². The van der Waals surface area contributed by atoms with Crippen LogP contribution < -0.4 is 5.32 Å². The molecule has 3 rings (SSSR count). The van der Waals surface area contributed by atoms with Crippen LogP contribution in [0.4, 0.5) is 9.59 Å². The summed E-state index contributed by atoms with van der Waals surface area (Å²) in [5.74, 6) is 0. The molecule has 0 spiro atoms. The minimum Gasteiger partial charge on any atom is -0.444 e. The molecule has 3 amide bonds. The van der Waals surface area contributed by atoms with E-state index >= 15 is 0 Å². The highest BCUT2D eigenvalue weighted by molar-refractivity contribution is 7.80. The number of rotatable bonds is 8. The van der Waals surface area contributed by atoms with E-state index in [2.05, 4.69) is 19.9 Å². The summed E-state index contributed by atoms with van der Waals surface area (Å²) in [5.41, 5.74) is 1.03. The molecule has 182 valence electrons. The predicted molar refractivity (Wildman–Crippen MR) is 114 cm³/mol. The number of nitrogens with zero attached hydrogens (tertiary/aromatic N) is 5. The van der Waals surface area contributed by atoms with Crippen molar-refractivity contribution in [3.8, 4) is 0 Å². The summed E-state index contributed by atoms with van der Waals surface area (Å²) in [6, 6.07) is 0.316. The van der Waals surface area contributed by atoms with E-state index in [4.69, 9.17) is 14.1 Å². The maximum Gasteiger partial charge on any atom is 0.418 e. The van der Waals surface area contributed by atoms with Crippen LogP contribution in [-0.4, -0.2) is 88.4 Å². The van der Waals surface area contributed by atoms with Gasteiger partial charge in [-0.3, -0.25) is 4.55 Å². The number of alkyl carbamates (subject to hydrolysis) is 1. The second kappa shape index (κ2) is 9.36. The van der Waals surface area contributed by atoms with Crippen molar-refractivity contribution >= 4 is 33.9 Å². The lowest BCUT2D eigenvalue weighted by molar-refractivity contribution is -0.0183. The van der Waals surface area contributed by atoms with Crippen LogP contribution in [0.2, 0.25) is 0 Å².